The molecule has 6 heteroatoms. The summed E-state index contributed by atoms with van der Waals surface area (Å²) in [6, 6.07) is 0. The lowest BCUT2D eigenvalue weighted by Crippen LogP contribution is -2.42. The molecule has 0 saturated carbocycles. The lowest BCUT2D eigenvalue weighted by Gasteiger charge is -2.41. The average Bonchev–Trinajstić information content (AvgIpc) is 2.64. The number of halogens is 3. The minimum Gasteiger partial charge on any atom is -0.390 e. The van der Waals surface area contributed by atoms with E-state index in [-0.39, 0.29) is 25.6 Å². The highest BCUT2D eigenvalue weighted by atomic mass is 19.4. The second-order valence-electron chi connectivity index (χ2n) is 10.6. The van der Waals surface area contributed by atoms with Crippen LogP contribution < -0.4 is 0 Å². The van der Waals surface area contributed by atoms with Gasteiger partial charge in [-0.05, 0) is 57.8 Å². The van der Waals surface area contributed by atoms with Crippen molar-refractivity contribution in [3.63, 3.8) is 0 Å². The number of hydrogen-bond donors (Lipinski definition) is 1. The first-order chi connectivity index (χ1) is 13.5. The molecule has 0 aromatic carbocycles. The van der Waals surface area contributed by atoms with Crippen LogP contribution in [0.25, 0.3) is 0 Å². The van der Waals surface area contributed by atoms with Crippen LogP contribution in [0.1, 0.15) is 101 Å². The lowest BCUT2D eigenvalue weighted by molar-refractivity contribution is -0.232. The Hall–Kier alpha value is -0.330. The molecule has 0 aliphatic heterocycles. The predicted octanol–water partition coefficient (Wildman–Crippen LogP) is 7.16. The number of aliphatic hydroxyl groups is 1. The van der Waals surface area contributed by atoms with E-state index >= 15 is 0 Å². The summed E-state index contributed by atoms with van der Waals surface area (Å²) in [5, 5.41) is 10.6. The second-order valence-corrected chi connectivity index (χ2v) is 10.6. The first-order valence-corrected chi connectivity index (χ1v) is 11.5. The number of hydrogen-bond acceptors (Lipinski definition) is 3. The van der Waals surface area contributed by atoms with Crippen molar-refractivity contribution < 1.29 is 27.8 Å². The zero-order valence-corrected chi connectivity index (χ0v) is 20.8. The Morgan fingerprint density at radius 1 is 0.767 bits per heavy atom. The van der Waals surface area contributed by atoms with Gasteiger partial charge < -0.3 is 14.6 Å². The van der Waals surface area contributed by atoms with E-state index in [0.29, 0.717) is 32.5 Å². The zero-order valence-electron chi connectivity index (χ0n) is 20.8. The Morgan fingerprint density at radius 2 is 1.30 bits per heavy atom. The van der Waals surface area contributed by atoms with Crippen LogP contribution in [0.4, 0.5) is 13.2 Å². The van der Waals surface area contributed by atoms with E-state index in [2.05, 4.69) is 6.92 Å². The van der Waals surface area contributed by atoms with E-state index in [9.17, 15) is 18.3 Å². The number of alkyl halides is 3. The molecule has 0 amide bonds. The number of ether oxygens (including phenoxy) is 2. The van der Waals surface area contributed by atoms with Crippen molar-refractivity contribution >= 4 is 0 Å². The van der Waals surface area contributed by atoms with Gasteiger partial charge in [0.25, 0.3) is 0 Å². The van der Waals surface area contributed by atoms with Gasteiger partial charge in [0.1, 0.15) is 0 Å². The maximum Gasteiger partial charge on any atom is 0.394 e. The maximum atomic E-state index is 13.6. The quantitative estimate of drug-likeness (QED) is 0.294. The fourth-order valence-electron chi connectivity index (χ4n) is 3.84. The molecule has 5 unspecified atom stereocenters. The molecule has 3 nitrogen and oxygen atoms in total. The smallest absolute Gasteiger partial charge is 0.390 e. The van der Waals surface area contributed by atoms with Gasteiger partial charge in [-0.15, -0.1) is 0 Å². The van der Waals surface area contributed by atoms with Crippen LogP contribution >= 0.6 is 0 Å². The summed E-state index contributed by atoms with van der Waals surface area (Å²) in [6.07, 6.45) is -1.45. The highest BCUT2D eigenvalue weighted by molar-refractivity contribution is 4.89. The summed E-state index contributed by atoms with van der Waals surface area (Å²) in [6.45, 7) is 17.6. The average molecular weight is 441 g/mol. The largest absolute Gasteiger partial charge is 0.394 e. The van der Waals surface area contributed by atoms with E-state index in [1.807, 2.05) is 34.6 Å². The molecule has 0 saturated heterocycles. The molecule has 30 heavy (non-hydrogen) atoms. The van der Waals surface area contributed by atoms with Crippen LogP contribution in [0, 0.1) is 16.2 Å². The van der Waals surface area contributed by atoms with Crippen LogP contribution in [0.15, 0.2) is 0 Å². The van der Waals surface area contributed by atoms with Gasteiger partial charge in [-0.3, -0.25) is 0 Å². The molecule has 0 bridgehead atoms. The van der Waals surface area contributed by atoms with Crippen molar-refractivity contribution in [1.82, 2.24) is 0 Å². The first-order valence-electron chi connectivity index (χ1n) is 11.5. The van der Waals surface area contributed by atoms with Crippen LogP contribution in [0.5, 0.6) is 0 Å². The van der Waals surface area contributed by atoms with Crippen molar-refractivity contribution in [2.45, 2.75) is 119 Å². The third kappa shape index (κ3) is 9.44. The van der Waals surface area contributed by atoms with Gasteiger partial charge in [-0.2, -0.15) is 13.2 Å². The van der Waals surface area contributed by atoms with Gasteiger partial charge in [0.15, 0.2) is 0 Å². The molecule has 0 spiro atoms. The summed E-state index contributed by atoms with van der Waals surface area (Å²) in [7, 11) is 0. The van der Waals surface area contributed by atoms with Crippen LogP contribution in [-0.4, -0.2) is 42.8 Å². The third-order valence-electron chi connectivity index (χ3n) is 6.90. The van der Waals surface area contributed by atoms with Crippen LogP contribution in [0.2, 0.25) is 0 Å². The molecule has 0 radical (unpaired) electrons. The molecule has 182 valence electrons. The second kappa shape index (κ2) is 11.5. The SMILES string of the molecule is CCC(C)OCC(C)(COCC(C)(CC)CC(C)(CC)C(F)(F)F)CC(C)(O)CC. The van der Waals surface area contributed by atoms with Gasteiger partial charge in [0.05, 0.1) is 36.9 Å². The highest BCUT2D eigenvalue weighted by Crippen LogP contribution is 2.49. The van der Waals surface area contributed by atoms with Crippen LogP contribution in [0.3, 0.4) is 0 Å². The molecule has 0 aromatic heterocycles. The Balaban J connectivity index is 5.27. The maximum absolute atomic E-state index is 13.6. The van der Waals surface area contributed by atoms with E-state index in [1.54, 1.807) is 13.8 Å². The Morgan fingerprint density at radius 3 is 1.70 bits per heavy atom. The molecule has 0 aromatic rings. The van der Waals surface area contributed by atoms with E-state index in [1.165, 1.54) is 6.92 Å². The van der Waals surface area contributed by atoms with E-state index in [0.717, 1.165) is 6.42 Å². The number of rotatable bonds is 15. The Bertz CT molecular complexity index is 495. The molecule has 0 aliphatic carbocycles. The summed E-state index contributed by atoms with van der Waals surface area (Å²) in [4.78, 5) is 0. The topological polar surface area (TPSA) is 38.7 Å². The molecule has 0 aliphatic rings. The summed E-state index contributed by atoms with van der Waals surface area (Å²) >= 11 is 0. The molecule has 0 rings (SSSR count). The van der Waals surface area contributed by atoms with Gasteiger partial charge >= 0.3 is 6.18 Å². The van der Waals surface area contributed by atoms with Crippen molar-refractivity contribution in [2.24, 2.45) is 16.2 Å². The molecular formula is C24H47F3O3. The summed E-state index contributed by atoms with van der Waals surface area (Å²) in [5.74, 6) is 0. The van der Waals surface area contributed by atoms with Gasteiger partial charge in [-0.25, -0.2) is 0 Å². The zero-order chi connectivity index (χ0) is 23.9. The standard InChI is InChI=1S/C24H47F3O3/c1-10-19(5)30-18-21(7,15-23(9,28)13-4)17-29-16-20(6,11-2)14-22(8,12-3)24(25,26)27/h19,28H,10-18H2,1-9H3. The van der Waals surface area contributed by atoms with Crippen molar-refractivity contribution in [3.8, 4) is 0 Å². The van der Waals surface area contributed by atoms with Crippen molar-refractivity contribution in [1.29, 1.82) is 0 Å². The van der Waals surface area contributed by atoms with Gasteiger partial charge in [-0.1, -0.05) is 48.5 Å². The van der Waals surface area contributed by atoms with Gasteiger partial charge in [0.2, 0.25) is 0 Å². The highest BCUT2D eigenvalue weighted by Gasteiger charge is 2.52. The Kier molecular flexibility index (Phi) is 11.4. The summed E-state index contributed by atoms with van der Waals surface area (Å²) < 4.78 is 52.9. The monoisotopic (exact) mass is 440 g/mol. The summed E-state index contributed by atoms with van der Waals surface area (Å²) in [5.41, 5.74) is -3.57. The third-order valence-corrected chi connectivity index (χ3v) is 6.90. The fraction of sp³-hybridized carbons (Fsp3) is 1.00. The van der Waals surface area contributed by atoms with E-state index < -0.39 is 28.0 Å². The molecule has 0 fully saturated rings. The van der Waals surface area contributed by atoms with Crippen molar-refractivity contribution in [3.05, 3.63) is 0 Å². The lowest BCUT2D eigenvalue weighted by atomic mass is 9.70. The minimum atomic E-state index is -4.24. The fourth-order valence-corrected chi connectivity index (χ4v) is 3.84. The normalized spacial score (nSPS) is 21.9. The molecule has 1 N–H and O–H groups in total. The first kappa shape index (κ1) is 29.7. The minimum absolute atomic E-state index is 0.0310. The van der Waals surface area contributed by atoms with Crippen molar-refractivity contribution in [2.75, 3.05) is 19.8 Å². The van der Waals surface area contributed by atoms with E-state index in [4.69, 9.17) is 9.47 Å². The molecule has 5 atom stereocenters. The molecule has 0 heterocycles. The predicted molar refractivity (Wildman–Crippen MR) is 118 cm³/mol. The Labute approximate surface area is 183 Å². The van der Waals surface area contributed by atoms with Crippen LogP contribution in [-0.2, 0) is 9.47 Å². The molecular weight excluding hydrogens is 393 g/mol. The van der Waals surface area contributed by atoms with Gasteiger partial charge in [0, 0.05) is 5.41 Å².